The van der Waals surface area contributed by atoms with Crippen molar-refractivity contribution in [3.63, 3.8) is 0 Å². The highest BCUT2D eigenvalue weighted by Gasteiger charge is 2.23. The SMILES string of the molecule is CC(C)c1ccc(C#N)c(SCCC(=O)N2CCc3ccccc32)n1. The molecule has 4 nitrogen and oxygen atoms in total. The van der Waals surface area contributed by atoms with E-state index in [2.05, 4.69) is 31.0 Å². The Bertz CT molecular complexity index is 826. The molecule has 0 fully saturated rings. The van der Waals surface area contributed by atoms with Crippen molar-refractivity contribution in [2.45, 2.75) is 37.6 Å². The minimum atomic E-state index is 0.135. The second-order valence-corrected chi connectivity index (χ2v) is 7.46. The predicted octanol–water partition coefficient (Wildman–Crippen LogP) is 4.15. The monoisotopic (exact) mass is 351 g/mol. The summed E-state index contributed by atoms with van der Waals surface area (Å²) in [4.78, 5) is 19.0. The van der Waals surface area contributed by atoms with Gasteiger partial charge in [-0.3, -0.25) is 4.79 Å². The van der Waals surface area contributed by atoms with E-state index in [1.54, 1.807) is 0 Å². The Hall–Kier alpha value is -2.32. The van der Waals surface area contributed by atoms with E-state index in [-0.39, 0.29) is 5.91 Å². The van der Waals surface area contributed by atoms with E-state index in [1.807, 2.05) is 35.2 Å². The van der Waals surface area contributed by atoms with Crippen molar-refractivity contribution in [3.05, 3.63) is 53.2 Å². The summed E-state index contributed by atoms with van der Waals surface area (Å²) < 4.78 is 0. The van der Waals surface area contributed by atoms with Crippen LogP contribution in [0.15, 0.2) is 41.4 Å². The molecule has 0 unspecified atom stereocenters. The highest BCUT2D eigenvalue weighted by atomic mass is 32.2. The molecule has 0 atom stereocenters. The van der Waals surface area contributed by atoms with E-state index in [0.717, 1.165) is 29.4 Å². The Balaban J connectivity index is 1.63. The lowest BCUT2D eigenvalue weighted by Gasteiger charge is -2.17. The van der Waals surface area contributed by atoms with E-state index in [9.17, 15) is 10.1 Å². The fourth-order valence-electron chi connectivity index (χ4n) is 2.94. The van der Waals surface area contributed by atoms with E-state index < -0.39 is 0 Å². The highest BCUT2D eigenvalue weighted by molar-refractivity contribution is 7.99. The Kier molecular flexibility index (Phi) is 5.40. The number of pyridine rings is 1. The van der Waals surface area contributed by atoms with Crippen LogP contribution in [0, 0.1) is 11.3 Å². The van der Waals surface area contributed by atoms with E-state index in [1.165, 1.54) is 17.3 Å². The molecule has 0 radical (unpaired) electrons. The molecule has 0 saturated heterocycles. The van der Waals surface area contributed by atoms with Gasteiger partial charge in [0.05, 0.1) is 5.56 Å². The molecule has 2 aromatic rings. The molecule has 1 aliphatic rings. The summed E-state index contributed by atoms with van der Waals surface area (Å²) in [6, 6.07) is 14.0. The zero-order chi connectivity index (χ0) is 17.8. The number of para-hydroxylation sites is 1. The molecule has 0 N–H and O–H groups in total. The number of carbonyl (C=O) groups is 1. The highest BCUT2D eigenvalue weighted by Crippen LogP contribution is 2.29. The fraction of sp³-hybridized carbons (Fsp3) is 0.350. The molecule has 1 amide bonds. The summed E-state index contributed by atoms with van der Waals surface area (Å²) in [5, 5.41) is 9.99. The minimum Gasteiger partial charge on any atom is -0.312 e. The van der Waals surface area contributed by atoms with Crippen molar-refractivity contribution in [2.75, 3.05) is 17.2 Å². The van der Waals surface area contributed by atoms with Gasteiger partial charge in [-0.05, 0) is 36.1 Å². The topological polar surface area (TPSA) is 57.0 Å². The average Bonchev–Trinajstić information content (AvgIpc) is 3.05. The maximum absolute atomic E-state index is 12.6. The second-order valence-electron chi connectivity index (χ2n) is 6.38. The van der Waals surface area contributed by atoms with Gasteiger partial charge in [0.15, 0.2) is 0 Å². The molecule has 1 aromatic heterocycles. The van der Waals surface area contributed by atoms with Gasteiger partial charge in [-0.25, -0.2) is 4.98 Å². The largest absolute Gasteiger partial charge is 0.312 e. The van der Waals surface area contributed by atoms with Gasteiger partial charge < -0.3 is 4.90 Å². The summed E-state index contributed by atoms with van der Waals surface area (Å²) in [5.74, 6) is 1.08. The summed E-state index contributed by atoms with van der Waals surface area (Å²) in [5.41, 5.74) is 3.83. The molecule has 128 valence electrons. The van der Waals surface area contributed by atoms with Crippen molar-refractivity contribution in [1.29, 1.82) is 5.26 Å². The Morgan fingerprint density at radius 1 is 1.32 bits per heavy atom. The zero-order valence-electron chi connectivity index (χ0n) is 14.5. The molecule has 25 heavy (non-hydrogen) atoms. The standard InChI is InChI=1S/C20H21N3OS/c1-14(2)17-8-7-16(13-21)20(22-17)25-12-10-19(24)23-11-9-15-5-3-4-6-18(15)23/h3-8,14H,9-12H2,1-2H3. The van der Waals surface area contributed by atoms with E-state index in [0.29, 0.717) is 23.7 Å². The zero-order valence-corrected chi connectivity index (χ0v) is 15.3. The van der Waals surface area contributed by atoms with Gasteiger partial charge in [0, 0.05) is 30.1 Å². The van der Waals surface area contributed by atoms with Gasteiger partial charge >= 0.3 is 0 Å². The lowest BCUT2D eigenvalue weighted by Crippen LogP contribution is -2.29. The van der Waals surface area contributed by atoms with Crippen LogP contribution in [0.25, 0.3) is 0 Å². The lowest BCUT2D eigenvalue weighted by molar-refractivity contribution is -0.118. The molecule has 0 saturated carbocycles. The minimum absolute atomic E-state index is 0.135. The molecule has 1 aliphatic heterocycles. The van der Waals surface area contributed by atoms with Crippen LogP contribution in [-0.2, 0) is 11.2 Å². The number of fused-ring (bicyclic) bond motifs is 1. The molecular weight excluding hydrogens is 330 g/mol. The average molecular weight is 351 g/mol. The van der Waals surface area contributed by atoms with Crippen molar-refractivity contribution in [2.24, 2.45) is 0 Å². The quantitative estimate of drug-likeness (QED) is 0.760. The number of nitrogens with zero attached hydrogens (tertiary/aromatic N) is 3. The van der Waals surface area contributed by atoms with Crippen LogP contribution in [0.2, 0.25) is 0 Å². The van der Waals surface area contributed by atoms with Crippen LogP contribution in [0.5, 0.6) is 0 Å². The molecule has 0 aliphatic carbocycles. The first kappa shape index (κ1) is 17.5. The molecule has 0 spiro atoms. The Morgan fingerprint density at radius 3 is 2.88 bits per heavy atom. The maximum Gasteiger partial charge on any atom is 0.227 e. The van der Waals surface area contributed by atoms with Gasteiger partial charge in [0.25, 0.3) is 0 Å². The first-order valence-electron chi connectivity index (χ1n) is 8.52. The molecule has 1 aromatic carbocycles. The fourth-order valence-corrected chi connectivity index (χ4v) is 3.85. The summed E-state index contributed by atoms with van der Waals surface area (Å²) in [6.07, 6.45) is 1.36. The molecule has 3 rings (SSSR count). The van der Waals surface area contributed by atoms with E-state index >= 15 is 0 Å². The number of carbonyl (C=O) groups excluding carboxylic acids is 1. The van der Waals surface area contributed by atoms with Crippen LogP contribution < -0.4 is 4.90 Å². The molecule has 2 heterocycles. The van der Waals surface area contributed by atoms with Crippen molar-refractivity contribution in [1.82, 2.24) is 4.98 Å². The van der Waals surface area contributed by atoms with Gasteiger partial charge in [-0.2, -0.15) is 5.26 Å². The number of nitriles is 1. The van der Waals surface area contributed by atoms with Crippen molar-refractivity contribution < 1.29 is 4.79 Å². The Labute approximate surface area is 152 Å². The number of anilines is 1. The van der Waals surface area contributed by atoms with Crippen LogP contribution >= 0.6 is 11.8 Å². The molecule has 5 heteroatoms. The van der Waals surface area contributed by atoms with Gasteiger partial charge in [0.2, 0.25) is 5.91 Å². The number of hydrogen-bond donors (Lipinski definition) is 0. The maximum atomic E-state index is 12.6. The van der Waals surface area contributed by atoms with Gasteiger partial charge in [0.1, 0.15) is 11.1 Å². The first-order valence-corrected chi connectivity index (χ1v) is 9.51. The Morgan fingerprint density at radius 2 is 2.12 bits per heavy atom. The van der Waals surface area contributed by atoms with Crippen LogP contribution in [0.4, 0.5) is 5.69 Å². The van der Waals surface area contributed by atoms with Gasteiger partial charge in [-0.1, -0.05) is 32.0 Å². The van der Waals surface area contributed by atoms with Crippen molar-refractivity contribution in [3.8, 4) is 6.07 Å². The third-order valence-corrected chi connectivity index (χ3v) is 5.33. The summed E-state index contributed by atoms with van der Waals surface area (Å²) in [6.45, 7) is 4.92. The second kappa shape index (κ2) is 7.71. The van der Waals surface area contributed by atoms with E-state index in [4.69, 9.17) is 0 Å². The number of amides is 1. The number of rotatable bonds is 5. The van der Waals surface area contributed by atoms with Crippen molar-refractivity contribution >= 4 is 23.4 Å². The number of thioether (sulfide) groups is 1. The molecule has 0 bridgehead atoms. The number of benzene rings is 1. The predicted molar refractivity (Wildman–Crippen MR) is 101 cm³/mol. The lowest BCUT2D eigenvalue weighted by atomic mass is 10.1. The van der Waals surface area contributed by atoms with Crippen LogP contribution in [0.3, 0.4) is 0 Å². The summed E-state index contributed by atoms with van der Waals surface area (Å²) in [7, 11) is 0. The van der Waals surface area contributed by atoms with Crippen LogP contribution in [0.1, 0.15) is 43.0 Å². The number of aromatic nitrogens is 1. The number of hydrogen-bond acceptors (Lipinski definition) is 4. The van der Waals surface area contributed by atoms with Gasteiger partial charge in [-0.15, -0.1) is 11.8 Å². The third-order valence-electron chi connectivity index (χ3n) is 4.34. The third kappa shape index (κ3) is 3.85. The van der Waals surface area contributed by atoms with Crippen LogP contribution in [-0.4, -0.2) is 23.2 Å². The normalized spacial score (nSPS) is 13.0. The first-order chi connectivity index (χ1) is 12.1. The smallest absolute Gasteiger partial charge is 0.227 e. The molecular formula is C20H21N3OS. The summed E-state index contributed by atoms with van der Waals surface area (Å²) >= 11 is 1.49.